The first-order chi connectivity index (χ1) is 9.17. The number of nitrogens with one attached hydrogen (secondary N) is 1. The van der Waals surface area contributed by atoms with E-state index in [-0.39, 0.29) is 17.9 Å². The van der Waals surface area contributed by atoms with Gasteiger partial charge in [-0.05, 0) is 30.7 Å². The van der Waals surface area contributed by atoms with Crippen LogP contribution in [-0.2, 0) is 4.79 Å². The Morgan fingerprint density at radius 1 is 1.32 bits per heavy atom. The molecular weight excluding hydrogens is 244 g/mol. The molecule has 0 spiro atoms. The number of urea groups is 1. The van der Waals surface area contributed by atoms with Gasteiger partial charge in [0.05, 0.1) is 18.7 Å². The minimum Gasteiger partial charge on any atom is -0.497 e. The van der Waals surface area contributed by atoms with E-state index in [0.717, 1.165) is 12.8 Å². The van der Waals surface area contributed by atoms with E-state index in [9.17, 15) is 9.59 Å². The van der Waals surface area contributed by atoms with Crippen molar-refractivity contribution in [3.05, 3.63) is 24.3 Å². The Morgan fingerprint density at radius 3 is 2.58 bits per heavy atom. The summed E-state index contributed by atoms with van der Waals surface area (Å²) >= 11 is 0. The molecule has 5 nitrogen and oxygen atoms in total. The minimum absolute atomic E-state index is 0.129. The average molecular weight is 262 g/mol. The lowest BCUT2D eigenvalue weighted by atomic mass is 10.00. The zero-order valence-corrected chi connectivity index (χ0v) is 11.2. The third-order valence-electron chi connectivity index (χ3n) is 3.24. The van der Waals surface area contributed by atoms with Gasteiger partial charge in [-0.15, -0.1) is 0 Å². The molecule has 0 radical (unpaired) electrons. The van der Waals surface area contributed by atoms with E-state index < -0.39 is 0 Å². The number of anilines is 1. The summed E-state index contributed by atoms with van der Waals surface area (Å²) in [6, 6.07) is 6.54. The van der Waals surface area contributed by atoms with Gasteiger partial charge < -0.3 is 10.1 Å². The molecule has 0 aliphatic carbocycles. The molecule has 0 aromatic heterocycles. The van der Waals surface area contributed by atoms with E-state index in [0.29, 0.717) is 18.0 Å². The van der Waals surface area contributed by atoms with Gasteiger partial charge in [-0.1, -0.05) is 13.3 Å². The second-order valence-corrected chi connectivity index (χ2v) is 4.54. The molecule has 3 amide bonds. The third kappa shape index (κ3) is 2.70. The zero-order chi connectivity index (χ0) is 13.8. The first-order valence-corrected chi connectivity index (χ1v) is 6.43. The molecule has 1 saturated heterocycles. The second kappa shape index (κ2) is 5.73. The van der Waals surface area contributed by atoms with Crippen molar-refractivity contribution in [1.82, 2.24) is 5.32 Å². The Balaban J connectivity index is 2.23. The zero-order valence-electron chi connectivity index (χ0n) is 11.2. The Labute approximate surface area is 112 Å². The van der Waals surface area contributed by atoms with Crippen molar-refractivity contribution in [2.24, 2.45) is 5.92 Å². The number of rotatable bonds is 4. The molecule has 1 aliphatic rings. The van der Waals surface area contributed by atoms with E-state index >= 15 is 0 Å². The first kappa shape index (κ1) is 13.4. The Hall–Kier alpha value is -2.04. The summed E-state index contributed by atoms with van der Waals surface area (Å²) in [5, 5.41) is 2.76. The van der Waals surface area contributed by atoms with Gasteiger partial charge in [-0.25, -0.2) is 9.69 Å². The molecule has 1 fully saturated rings. The number of ether oxygens (including phenoxy) is 1. The van der Waals surface area contributed by atoms with Gasteiger partial charge >= 0.3 is 6.03 Å². The highest BCUT2D eigenvalue weighted by molar-refractivity contribution is 6.16. The maximum Gasteiger partial charge on any atom is 0.328 e. The fraction of sp³-hybridized carbons (Fsp3) is 0.429. The molecule has 1 N–H and O–H groups in total. The lowest BCUT2D eigenvalue weighted by Gasteiger charge is -2.31. The first-order valence-electron chi connectivity index (χ1n) is 6.43. The maximum absolute atomic E-state index is 12.3. The summed E-state index contributed by atoms with van der Waals surface area (Å²) < 4.78 is 5.07. The highest BCUT2D eigenvalue weighted by Crippen LogP contribution is 2.24. The topological polar surface area (TPSA) is 58.6 Å². The maximum atomic E-state index is 12.3. The lowest BCUT2D eigenvalue weighted by Crippen LogP contribution is -2.55. The number of hydrogen-bond donors (Lipinski definition) is 1. The predicted octanol–water partition coefficient (Wildman–Crippen LogP) is 2.17. The van der Waals surface area contributed by atoms with Crippen molar-refractivity contribution < 1.29 is 14.3 Å². The predicted molar refractivity (Wildman–Crippen MR) is 72.3 cm³/mol. The highest BCUT2D eigenvalue weighted by Gasteiger charge is 2.34. The number of carbonyl (C=O) groups excluding carboxylic acids is 2. The second-order valence-electron chi connectivity index (χ2n) is 4.54. The average Bonchev–Trinajstić information content (AvgIpc) is 2.43. The number of amides is 3. The molecule has 19 heavy (non-hydrogen) atoms. The third-order valence-corrected chi connectivity index (χ3v) is 3.24. The van der Waals surface area contributed by atoms with Crippen molar-refractivity contribution in [2.75, 3.05) is 18.6 Å². The van der Waals surface area contributed by atoms with Crippen molar-refractivity contribution in [3.63, 3.8) is 0 Å². The van der Waals surface area contributed by atoms with Crippen molar-refractivity contribution in [3.8, 4) is 5.75 Å². The molecule has 1 aromatic rings. The molecule has 1 unspecified atom stereocenters. The summed E-state index contributed by atoms with van der Waals surface area (Å²) in [6.45, 7) is 2.46. The van der Waals surface area contributed by atoms with Crippen LogP contribution in [0, 0.1) is 5.92 Å². The van der Waals surface area contributed by atoms with Crippen LogP contribution in [0.4, 0.5) is 10.5 Å². The number of nitrogens with zero attached hydrogens (tertiary/aromatic N) is 1. The van der Waals surface area contributed by atoms with E-state index in [1.54, 1.807) is 31.4 Å². The van der Waals surface area contributed by atoms with Crippen LogP contribution in [0.3, 0.4) is 0 Å². The monoisotopic (exact) mass is 262 g/mol. The van der Waals surface area contributed by atoms with Crippen LogP contribution < -0.4 is 15.0 Å². The Kier molecular flexibility index (Phi) is 4.04. The molecule has 1 aromatic carbocycles. The standard InChI is InChI=1S/C14H18N2O3/c1-3-4-10-9-15-14(18)16(13(10)17)11-5-7-12(19-2)8-6-11/h5-8,10H,3-4,9H2,1-2H3,(H,15,18). The van der Waals surface area contributed by atoms with Crippen LogP contribution in [0.5, 0.6) is 5.75 Å². The summed E-state index contributed by atoms with van der Waals surface area (Å²) in [7, 11) is 1.57. The van der Waals surface area contributed by atoms with Gasteiger partial charge in [-0.2, -0.15) is 0 Å². The molecule has 0 saturated carbocycles. The number of methoxy groups -OCH3 is 1. The molecule has 1 atom stereocenters. The quantitative estimate of drug-likeness (QED) is 0.904. The molecule has 102 valence electrons. The molecular formula is C14H18N2O3. The summed E-state index contributed by atoms with van der Waals surface area (Å²) in [6.07, 6.45) is 1.70. The highest BCUT2D eigenvalue weighted by atomic mass is 16.5. The minimum atomic E-state index is -0.359. The van der Waals surface area contributed by atoms with Crippen molar-refractivity contribution in [2.45, 2.75) is 19.8 Å². The van der Waals surface area contributed by atoms with Crippen LogP contribution >= 0.6 is 0 Å². The van der Waals surface area contributed by atoms with E-state index in [1.807, 2.05) is 6.92 Å². The van der Waals surface area contributed by atoms with Gasteiger partial charge in [0.2, 0.25) is 5.91 Å². The summed E-state index contributed by atoms with van der Waals surface area (Å²) in [4.78, 5) is 25.4. The molecule has 5 heteroatoms. The molecule has 2 rings (SSSR count). The summed E-state index contributed by atoms with van der Waals surface area (Å²) in [5.41, 5.74) is 0.573. The number of imide groups is 1. The van der Waals surface area contributed by atoms with Gasteiger partial charge in [0.1, 0.15) is 5.75 Å². The fourth-order valence-electron chi connectivity index (χ4n) is 2.21. The molecule has 0 bridgehead atoms. The lowest BCUT2D eigenvalue weighted by molar-refractivity contribution is -0.122. The SMILES string of the molecule is CCCC1CNC(=O)N(c2ccc(OC)cc2)C1=O. The molecule has 1 aliphatic heterocycles. The normalized spacial score (nSPS) is 19.3. The van der Waals surface area contributed by atoms with Gasteiger partial charge in [0.25, 0.3) is 0 Å². The van der Waals surface area contributed by atoms with Crippen LogP contribution in [0.2, 0.25) is 0 Å². The fourth-order valence-corrected chi connectivity index (χ4v) is 2.21. The van der Waals surface area contributed by atoms with E-state index in [1.165, 1.54) is 4.90 Å². The number of hydrogen-bond acceptors (Lipinski definition) is 3. The number of carbonyl (C=O) groups is 2. The molecule has 1 heterocycles. The number of benzene rings is 1. The van der Waals surface area contributed by atoms with Crippen LogP contribution in [0.1, 0.15) is 19.8 Å². The van der Waals surface area contributed by atoms with Crippen LogP contribution in [0.15, 0.2) is 24.3 Å². The summed E-state index contributed by atoms with van der Waals surface area (Å²) in [5.74, 6) is 0.430. The largest absolute Gasteiger partial charge is 0.497 e. The Bertz CT molecular complexity index is 470. The van der Waals surface area contributed by atoms with Crippen LogP contribution in [0.25, 0.3) is 0 Å². The van der Waals surface area contributed by atoms with Crippen molar-refractivity contribution in [1.29, 1.82) is 0 Å². The van der Waals surface area contributed by atoms with E-state index in [4.69, 9.17) is 4.74 Å². The van der Waals surface area contributed by atoms with Gasteiger partial charge in [0, 0.05) is 6.54 Å². The van der Waals surface area contributed by atoms with Gasteiger partial charge in [0.15, 0.2) is 0 Å². The van der Waals surface area contributed by atoms with Gasteiger partial charge in [-0.3, -0.25) is 4.79 Å². The van der Waals surface area contributed by atoms with Crippen LogP contribution in [-0.4, -0.2) is 25.6 Å². The van der Waals surface area contributed by atoms with Crippen molar-refractivity contribution >= 4 is 17.6 Å². The smallest absolute Gasteiger partial charge is 0.328 e. The Morgan fingerprint density at radius 2 is 2.00 bits per heavy atom. The van der Waals surface area contributed by atoms with E-state index in [2.05, 4.69) is 5.32 Å².